The Morgan fingerprint density at radius 3 is 2.77 bits per heavy atom. The monoisotopic (exact) mass is 501 g/mol. The average Bonchev–Trinajstić information content (AvgIpc) is 3.21. The minimum absolute atomic E-state index is 0.0478. The number of rotatable bonds is 6. The van der Waals surface area contributed by atoms with Crippen LogP contribution in [0.2, 0.25) is 0 Å². The highest BCUT2D eigenvalue weighted by molar-refractivity contribution is 8.00. The Labute approximate surface area is 212 Å². The molecule has 35 heavy (non-hydrogen) atoms. The van der Waals surface area contributed by atoms with Crippen LogP contribution in [0, 0.1) is 34.0 Å². The lowest BCUT2D eigenvalue weighted by molar-refractivity contribution is -0.205. The molecule has 0 radical (unpaired) electrons. The van der Waals surface area contributed by atoms with Crippen LogP contribution in [0.1, 0.15) is 65.5 Å². The van der Waals surface area contributed by atoms with E-state index in [0.717, 1.165) is 24.2 Å². The van der Waals surface area contributed by atoms with Gasteiger partial charge in [0.25, 0.3) is 0 Å². The Morgan fingerprint density at radius 1 is 1.34 bits per heavy atom. The van der Waals surface area contributed by atoms with Crippen molar-refractivity contribution in [3.63, 3.8) is 0 Å². The molecule has 0 aromatic carbocycles. The second-order valence-electron chi connectivity index (χ2n) is 11.5. The van der Waals surface area contributed by atoms with Crippen molar-refractivity contribution < 1.29 is 24.5 Å². The Kier molecular flexibility index (Phi) is 7.26. The van der Waals surface area contributed by atoms with Crippen molar-refractivity contribution in [1.82, 2.24) is 4.98 Å². The van der Waals surface area contributed by atoms with Crippen molar-refractivity contribution in [1.29, 1.82) is 0 Å². The zero-order valence-electron chi connectivity index (χ0n) is 21.3. The number of pyridine rings is 1. The largest absolute Gasteiger partial charge is 0.461 e. The molecular weight excluding hydrogens is 462 g/mol. The first kappa shape index (κ1) is 26.4. The molecule has 8 atom stereocenters. The van der Waals surface area contributed by atoms with Crippen LogP contribution >= 0.6 is 11.8 Å². The number of esters is 1. The summed E-state index contributed by atoms with van der Waals surface area (Å²) >= 11 is 1.34. The number of Topliss-reactive ketones (excluding diaryl/α,β-unsaturated/α-hetero) is 1. The molecule has 0 spiro atoms. The number of ketones is 1. The zero-order valence-corrected chi connectivity index (χ0v) is 22.1. The van der Waals surface area contributed by atoms with E-state index >= 15 is 0 Å². The smallest absolute Gasteiger partial charge is 0.316 e. The molecule has 2 bridgehead atoms. The number of thioether (sulfide) groups is 1. The molecule has 6 nitrogen and oxygen atoms in total. The molecule has 2 N–H and O–H groups in total. The first-order chi connectivity index (χ1) is 16.5. The van der Waals surface area contributed by atoms with E-state index < -0.39 is 23.0 Å². The van der Waals surface area contributed by atoms with Crippen molar-refractivity contribution in [3.8, 4) is 0 Å². The van der Waals surface area contributed by atoms with Crippen LogP contribution < -0.4 is 0 Å². The van der Waals surface area contributed by atoms with Crippen molar-refractivity contribution in [2.75, 3.05) is 5.75 Å². The number of carbonyl (C=O) groups is 2. The Bertz CT molecular complexity index is 999. The average molecular weight is 502 g/mol. The number of carbonyl (C=O) groups excluding carboxylic acids is 2. The molecule has 3 aliphatic carbocycles. The van der Waals surface area contributed by atoms with Crippen LogP contribution in [0.4, 0.5) is 0 Å². The molecule has 0 amide bonds. The van der Waals surface area contributed by atoms with Crippen molar-refractivity contribution in [2.45, 2.75) is 83.5 Å². The molecule has 192 valence electrons. The van der Waals surface area contributed by atoms with Gasteiger partial charge in [-0.1, -0.05) is 33.8 Å². The van der Waals surface area contributed by atoms with Crippen molar-refractivity contribution in [3.05, 3.63) is 36.7 Å². The van der Waals surface area contributed by atoms with Gasteiger partial charge in [-0.3, -0.25) is 14.6 Å². The fraction of sp³-hybridized carbons (Fsp3) is 0.679. The zero-order chi connectivity index (χ0) is 25.6. The van der Waals surface area contributed by atoms with Gasteiger partial charge in [-0.2, -0.15) is 0 Å². The van der Waals surface area contributed by atoms with E-state index in [-0.39, 0.29) is 47.3 Å². The summed E-state index contributed by atoms with van der Waals surface area (Å²) in [5, 5.41) is 20.9. The maximum atomic E-state index is 13.4. The standard InChI is InChI=1S/C28H39NO5S/c1-6-26(4)14-22(34-23(32)16-35-20-9-12-29-19(13-20)15-30)27(5)17(2)7-10-28(18(3)25(26)33)11-8-21(31)24(27)28/h6,9,12-13,17-18,22,24-25,30,33H,1,7-8,10-11,14-16H2,2-5H3/t17-,18+,22-,24+,25+,26-,27+,28+/m1/s1. The van der Waals surface area contributed by atoms with Crippen LogP contribution in [0.25, 0.3) is 0 Å². The van der Waals surface area contributed by atoms with Gasteiger partial charge < -0.3 is 14.9 Å². The molecular formula is C28H39NO5S. The second-order valence-corrected chi connectivity index (χ2v) is 12.5. The number of ether oxygens (including phenoxy) is 1. The second kappa shape index (κ2) is 9.64. The predicted octanol–water partition coefficient (Wildman–Crippen LogP) is 4.57. The molecule has 0 aliphatic heterocycles. The molecule has 1 aromatic rings. The lowest BCUT2D eigenvalue weighted by Gasteiger charge is -2.61. The topological polar surface area (TPSA) is 96.7 Å². The van der Waals surface area contributed by atoms with Gasteiger partial charge >= 0.3 is 5.97 Å². The summed E-state index contributed by atoms with van der Waals surface area (Å²) in [5.41, 5.74) is -0.876. The van der Waals surface area contributed by atoms with E-state index in [1.807, 2.05) is 13.0 Å². The maximum Gasteiger partial charge on any atom is 0.316 e. The summed E-state index contributed by atoms with van der Waals surface area (Å²) in [7, 11) is 0. The minimum atomic E-state index is -0.671. The van der Waals surface area contributed by atoms with E-state index in [4.69, 9.17) is 4.74 Å². The van der Waals surface area contributed by atoms with E-state index in [0.29, 0.717) is 18.5 Å². The molecule has 0 unspecified atom stereocenters. The third kappa shape index (κ3) is 4.27. The lowest BCUT2D eigenvalue weighted by atomic mass is 9.44. The van der Waals surface area contributed by atoms with E-state index in [1.54, 1.807) is 18.3 Å². The van der Waals surface area contributed by atoms with Gasteiger partial charge in [0.15, 0.2) is 0 Å². The normalized spacial score (nSPS) is 41.0. The highest BCUT2D eigenvalue weighted by Crippen LogP contribution is 2.68. The molecule has 0 saturated heterocycles. The Hall–Kier alpha value is -1.70. The molecule has 7 heteroatoms. The summed E-state index contributed by atoms with van der Waals surface area (Å²) in [5.74, 6) is -0.0413. The molecule has 3 aliphatic rings. The van der Waals surface area contributed by atoms with Gasteiger partial charge in [-0.25, -0.2) is 0 Å². The van der Waals surface area contributed by atoms with Crippen LogP contribution in [0.3, 0.4) is 0 Å². The highest BCUT2D eigenvalue weighted by Gasteiger charge is 2.68. The minimum Gasteiger partial charge on any atom is -0.461 e. The van der Waals surface area contributed by atoms with E-state index in [2.05, 4.69) is 32.3 Å². The Balaban J connectivity index is 1.66. The fourth-order valence-corrected chi connectivity index (χ4v) is 8.20. The quantitative estimate of drug-likeness (QED) is 0.335. The summed E-state index contributed by atoms with van der Waals surface area (Å²) in [6, 6.07) is 3.56. The first-order valence-corrected chi connectivity index (χ1v) is 13.7. The van der Waals surface area contributed by atoms with E-state index in [1.165, 1.54) is 11.8 Å². The van der Waals surface area contributed by atoms with Crippen LogP contribution in [-0.4, -0.2) is 44.9 Å². The Morgan fingerprint density at radius 2 is 2.09 bits per heavy atom. The fourth-order valence-electron chi connectivity index (χ4n) is 7.47. The number of nitrogens with zero attached hydrogens (tertiary/aromatic N) is 1. The van der Waals surface area contributed by atoms with Crippen molar-refractivity contribution >= 4 is 23.5 Å². The van der Waals surface area contributed by atoms with Gasteiger partial charge in [0.2, 0.25) is 0 Å². The van der Waals surface area contributed by atoms with Gasteiger partial charge in [0.05, 0.1) is 24.2 Å². The molecule has 3 saturated carbocycles. The molecule has 1 aromatic heterocycles. The van der Waals surface area contributed by atoms with Gasteiger partial charge in [-0.05, 0) is 55.1 Å². The third-order valence-corrected chi connectivity index (χ3v) is 10.8. The predicted molar refractivity (Wildman–Crippen MR) is 136 cm³/mol. The van der Waals surface area contributed by atoms with Gasteiger partial charge in [0, 0.05) is 34.3 Å². The SMILES string of the molecule is C=C[C@]1(C)C[C@@H](OC(=O)CSc2ccnc(CO)c2)[C@]2(C)[C@H](C)CC[C@]3(CCC(=O)[C@H]32)[C@@H](C)[C@@H]1O. The molecule has 4 rings (SSSR count). The van der Waals surface area contributed by atoms with E-state index in [9.17, 15) is 19.8 Å². The van der Waals surface area contributed by atoms with Gasteiger partial charge in [-0.15, -0.1) is 18.3 Å². The van der Waals surface area contributed by atoms with Crippen molar-refractivity contribution in [2.24, 2.45) is 34.0 Å². The summed E-state index contributed by atoms with van der Waals surface area (Å²) in [6.07, 6.45) is 5.86. The van der Waals surface area contributed by atoms with Crippen LogP contribution in [-0.2, 0) is 20.9 Å². The van der Waals surface area contributed by atoms with Crippen LogP contribution in [0.5, 0.6) is 0 Å². The number of aliphatic hydroxyl groups is 2. The summed E-state index contributed by atoms with van der Waals surface area (Å²) < 4.78 is 6.26. The maximum absolute atomic E-state index is 13.4. The third-order valence-electron chi connectivity index (χ3n) is 9.88. The highest BCUT2D eigenvalue weighted by atomic mass is 32.2. The summed E-state index contributed by atoms with van der Waals surface area (Å²) in [4.78, 5) is 31.5. The van der Waals surface area contributed by atoms with Crippen LogP contribution in [0.15, 0.2) is 35.9 Å². The summed E-state index contributed by atoms with van der Waals surface area (Å²) in [6.45, 7) is 12.3. The first-order valence-electron chi connectivity index (χ1n) is 12.7. The number of hydrogen-bond acceptors (Lipinski definition) is 7. The molecule has 1 heterocycles. The molecule has 3 fully saturated rings. The number of aliphatic hydroxyl groups excluding tert-OH is 2. The number of hydrogen-bond donors (Lipinski definition) is 2. The number of aromatic nitrogens is 1. The van der Waals surface area contributed by atoms with Gasteiger partial charge in [0.1, 0.15) is 11.9 Å². The lowest BCUT2D eigenvalue weighted by Crippen LogP contribution is -2.63.